The molecule has 0 bridgehead atoms. The summed E-state index contributed by atoms with van der Waals surface area (Å²) in [4.78, 5) is 16.1. The number of aromatic nitrogens is 3. The number of rotatable bonds is 3. The van der Waals surface area contributed by atoms with Gasteiger partial charge in [0.1, 0.15) is 5.82 Å². The highest BCUT2D eigenvalue weighted by atomic mass is 35.5. The Morgan fingerprint density at radius 3 is 2.91 bits per heavy atom. The van der Waals surface area contributed by atoms with Crippen LogP contribution in [0.2, 0.25) is 10.0 Å². The van der Waals surface area contributed by atoms with Gasteiger partial charge in [-0.05, 0) is 23.8 Å². The van der Waals surface area contributed by atoms with Gasteiger partial charge in [-0.2, -0.15) is 9.61 Å². The molecule has 2 heterocycles. The van der Waals surface area contributed by atoms with Gasteiger partial charge in [-0.1, -0.05) is 35.3 Å². The fourth-order valence-corrected chi connectivity index (χ4v) is 2.28. The third-order valence-corrected chi connectivity index (χ3v) is 3.77. The highest BCUT2D eigenvalue weighted by Gasteiger charge is 2.05. The standard InChI is InChI=1S/C15H10Cl2N4O/c16-11-3-1-2-10(15(11)17)4-5-14(22)20-13-6-8-18-12-7-9-19-21(12)13/h1-9H,(H,20,22)/b5-4+. The molecule has 3 aromatic rings. The summed E-state index contributed by atoms with van der Waals surface area (Å²) in [6.07, 6.45) is 6.20. The summed E-state index contributed by atoms with van der Waals surface area (Å²) in [7, 11) is 0. The van der Waals surface area contributed by atoms with Gasteiger partial charge in [-0.25, -0.2) is 4.98 Å². The zero-order valence-electron chi connectivity index (χ0n) is 11.2. The molecule has 22 heavy (non-hydrogen) atoms. The molecule has 110 valence electrons. The van der Waals surface area contributed by atoms with E-state index in [1.807, 2.05) is 0 Å². The number of nitrogens with one attached hydrogen (secondary N) is 1. The van der Waals surface area contributed by atoms with Gasteiger partial charge in [0.25, 0.3) is 0 Å². The zero-order valence-corrected chi connectivity index (χ0v) is 12.7. The fourth-order valence-electron chi connectivity index (χ4n) is 1.91. The molecule has 5 nitrogen and oxygen atoms in total. The van der Waals surface area contributed by atoms with Gasteiger partial charge in [0.05, 0.1) is 16.2 Å². The summed E-state index contributed by atoms with van der Waals surface area (Å²) in [5, 5.41) is 7.68. The lowest BCUT2D eigenvalue weighted by Gasteiger charge is -2.04. The van der Waals surface area contributed by atoms with E-state index in [2.05, 4.69) is 15.4 Å². The molecule has 0 atom stereocenters. The highest BCUT2D eigenvalue weighted by molar-refractivity contribution is 6.42. The molecule has 2 aromatic heterocycles. The highest BCUT2D eigenvalue weighted by Crippen LogP contribution is 2.26. The summed E-state index contributed by atoms with van der Waals surface area (Å²) in [6.45, 7) is 0. The molecule has 0 aliphatic heterocycles. The van der Waals surface area contributed by atoms with Crippen LogP contribution in [0.15, 0.2) is 48.8 Å². The average Bonchev–Trinajstić information content (AvgIpc) is 2.98. The summed E-state index contributed by atoms with van der Waals surface area (Å²) >= 11 is 12.0. The van der Waals surface area contributed by atoms with E-state index in [0.717, 1.165) is 0 Å². The minimum absolute atomic E-state index is 0.306. The summed E-state index contributed by atoms with van der Waals surface area (Å²) < 4.78 is 1.54. The maximum atomic E-state index is 12.0. The molecule has 0 fully saturated rings. The van der Waals surface area contributed by atoms with Crippen LogP contribution in [0.4, 0.5) is 5.82 Å². The predicted molar refractivity (Wildman–Crippen MR) is 87.1 cm³/mol. The number of hydrogen-bond acceptors (Lipinski definition) is 3. The van der Waals surface area contributed by atoms with Crippen LogP contribution >= 0.6 is 23.2 Å². The van der Waals surface area contributed by atoms with Crippen molar-refractivity contribution in [3.63, 3.8) is 0 Å². The van der Waals surface area contributed by atoms with Crippen molar-refractivity contribution in [2.45, 2.75) is 0 Å². The predicted octanol–water partition coefficient (Wildman–Crippen LogP) is 3.69. The Morgan fingerprint density at radius 1 is 1.18 bits per heavy atom. The molecule has 0 saturated carbocycles. The number of hydrogen-bond donors (Lipinski definition) is 1. The van der Waals surface area contributed by atoms with E-state index in [9.17, 15) is 4.79 Å². The first-order valence-corrected chi connectivity index (χ1v) is 7.12. The van der Waals surface area contributed by atoms with Crippen molar-refractivity contribution in [1.82, 2.24) is 14.6 Å². The normalized spacial score (nSPS) is 11.2. The Morgan fingerprint density at radius 2 is 2.05 bits per heavy atom. The van der Waals surface area contributed by atoms with Crippen LogP contribution in [0.5, 0.6) is 0 Å². The van der Waals surface area contributed by atoms with Crippen LogP contribution in [0.1, 0.15) is 5.56 Å². The van der Waals surface area contributed by atoms with E-state index < -0.39 is 0 Å². The lowest BCUT2D eigenvalue weighted by molar-refractivity contribution is -0.111. The topological polar surface area (TPSA) is 59.3 Å². The van der Waals surface area contributed by atoms with Crippen LogP contribution in [0.3, 0.4) is 0 Å². The Balaban J connectivity index is 1.79. The molecule has 0 saturated heterocycles. The summed E-state index contributed by atoms with van der Waals surface area (Å²) in [6, 6.07) is 8.64. The molecule has 0 spiro atoms. The SMILES string of the molecule is O=C(/C=C/c1cccc(Cl)c1Cl)Nc1ccnc2ccnn12. The largest absolute Gasteiger partial charge is 0.307 e. The van der Waals surface area contributed by atoms with E-state index in [0.29, 0.717) is 27.1 Å². The second kappa shape index (κ2) is 6.17. The third-order valence-electron chi connectivity index (χ3n) is 2.94. The second-order valence-electron chi connectivity index (χ2n) is 4.40. The third kappa shape index (κ3) is 2.95. The van der Waals surface area contributed by atoms with Gasteiger partial charge < -0.3 is 5.32 Å². The Hall–Kier alpha value is -2.37. The Kier molecular flexibility index (Phi) is 4.09. The Bertz CT molecular complexity index is 873. The van der Waals surface area contributed by atoms with Gasteiger partial charge in [0, 0.05) is 18.3 Å². The maximum absolute atomic E-state index is 12.0. The van der Waals surface area contributed by atoms with Crippen LogP contribution < -0.4 is 5.32 Å². The van der Waals surface area contributed by atoms with E-state index >= 15 is 0 Å². The van der Waals surface area contributed by atoms with Crippen molar-refractivity contribution in [2.75, 3.05) is 5.32 Å². The lowest BCUT2D eigenvalue weighted by atomic mass is 10.2. The van der Waals surface area contributed by atoms with Gasteiger partial charge >= 0.3 is 0 Å². The van der Waals surface area contributed by atoms with Crippen molar-refractivity contribution >= 4 is 46.7 Å². The molecule has 1 amide bonds. The van der Waals surface area contributed by atoms with E-state index in [4.69, 9.17) is 23.2 Å². The van der Waals surface area contributed by atoms with E-state index in [-0.39, 0.29) is 5.91 Å². The van der Waals surface area contributed by atoms with Gasteiger partial charge in [-0.3, -0.25) is 4.79 Å². The average molecular weight is 333 g/mol. The number of carbonyl (C=O) groups excluding carboxylic acids is 1. The second-order valence-corrected chi connectivity index (χ2v) is 5.18. The molecule has 0 unspecified atom stereocenters. The van der Waals surface area contributed by atoms with Crippen molar-refractivity contribution in [3.8, 4) is 0 Å². The van der Waals surface area contributed by atoms with E-state index in [1.54, 1.807) is 48.8 Å². The number of benzene rings is 1. The first-order chi connectivity index (χ1) is 10.6. The van der Waals surface area contributed by atoms with Crippen LogP contribution in [-0.2, 0) is 4.79 Å². The number of amides is 1. The molecule has 3 rings (SSSR count). The molecular weight excluding hydrogens is 323 g/mol. The zero-order chi connectivity index (χ0) is 15.5. The summed E-state index contributed by atoms with van der Waals surface area (Å²) in [5.41, 5.74) is 1.32. The molecule has 7 heteroatoms. The van der Waals surface area contributed by atoms with Crippen molar-refractivity contribution in [3.05, 3.63) is 64.4 Å². The lowest BCUT2D eigenvalue weighted by Crippen LogP contribution is -2.11. The van der Waals surface area contributed by atoms with Gasteiger partial charge in [0.15, 0.2) is 5.65 Å². The first-order valence-electron chi connectivity index (χ1n) is 6.37. The molecule has 0 aliphatic rings. The smallest absolute Gasteiger partial charge is 0.249 e. The monoisotopic (exact) mass is 332 g/mol. The maximum Gasteiger partial charge on any atom is 0.249 e. The number of anilines is 1. The summed E-state index contributed by atoms with van der Waals surface area (Å²) in [5.74, 6) is 0.223. The van der Waals surface area contributed by atoms with Gasteiger partial charge in [-0.15, -0.1) is 0 Å². The fraction of sp³-hybridized carbons (Fsp3) is 0. The van der Waals surface area contributed by atoms with Crippen molar-refractivity contribution in [1.29, 1.82) is 0 Å². The molecular formula is C15H10Cl2N4O. The number of halogens is 2. The van der Waals surface area contributed by atoms with Crippen LogP contribution in [0, 0.1) is 0 Å². The Labute approximate surface area is 136 Å². The first kappa shape index (κ1) is 14.6. The molecule has 1 N–H and O–H groups in total. The van der Waals surface area contributed by atoms with E-state index in [1.165, 1.54) is 10.6 Å². The minimum Gasteiger partial charge on any atom is -0.307 e. The molecule has 0 radical (unpaired) electrons. The molecule has 0 aliphatic carbocycles. The minimum atomic E-state index is -0.306. The van der Waals surface area contributed by atoms with Crippen molar-refractivity contribution < 1.29 is 4.79 Å². The number of nitrogens with zero attached hydrogens (tertiary/aromatic N) is 3. The van der Waals surface area contributed by atoms with Crippen LogP contribution in [0.25, 0.3) is 11.7 Å². The van der Waals surface area contributed by atoms with Crippen LogP contribution in [-0.4, -0.2) is 20.5 Å². The van der Waals surface area contributed by atoms with Crippen molar-refractivity contribution in [2.24, 2.45) is 0 Å². The quantitative estimate of drug-likeness (QED) is 0.744. The molecule has 1 aromatic carbocycles. The van der Waals surface area contributed by atoms with Gasteiger partial charge in [0.2, 0.25) is 5.91 Å². The number of fused-ring (bicyclic) bond motifs is 1. The number of carbonyl (C=O) groups is 1.